The number of ether oxygens (including phenoxy) is 1. The molecule has 1 unspecified atom stereocenters. The zero-order valence-corrected chi connectivity index (χ0v) is 16.7. The van der Waals surface area contributed by atoms with E-state index in [2.05, 4.69) is 32.4 Å². The van der Waals surface area contributed by atoms with Crippen LogP contribution in [0.3, 0.4) is 0 Å². The fraction of sp³-hybridized carbons (Fsp3) is 0.526. The molecule has 148 valence electrons. The average molecular weight is 383 g/mol. The van der Waals surface area contributed by atoms with Crippen molar-refractivity contribution in [1.29, 1.82) is 0 Å². The zero-order valence-electron chi connectivity index (χ0n) is 16.7. The van der Waals surface area contributed by atoms with Gasteiger partial charge in [0.15, 0.2) is 11.5 Å². The first-order chi connectivity index (χ1) is 13.5. The van der Waals surface area contributed by atoms with Gasteiger partial charge in [0, 0.05) is 32.1 Å². The highest BCUT2D eigenvalue weighted by atomic mass is 16.5. The molecule has 1 atom stereocenters. The SMILES string of the molecule is CCOC(=O)c1cnc2c(c(C)nn2C)c1NC1CCc2nc(CC)nn2C1. The average Bonchev–Trinajstić information content (AvgIpc) is 3.22. The Bertz CT molecular complexity index is 1040. The quantitative estimate of drug-likeness (QED) is 0.673. The molecule has 9 heteroatoms. The van der Waals surface area contributed by atoms with E-state index in [9.17, 15) is 4.79 Å². The summed E-state index contributed by atoms with van der Waals surface area (Å²) in [5.41, 5.74) is 2.73. The van der Waals surface area contributed by atoms with Gasteiger partial charge in [-0.05, 0) is 20.3 Å². The lowest BCUT2D eigenvalue weighted by molar-refractivity contribution is 0.0527. The Morgan fingerprint density at radius 2 is 2.18 bits per heavy atom. The lowest BCUT2D eigenvalue weighted by Crippen LogP contribution is -2.32. The summed E-state index contributed by atoms with van der Waals surface area (Å²) in [6, 6.07) is 0.122. The van der Waals surface area contributed by atoms with Crippen LogP contribution in [0.2, 0.25) is 0 Å². The van der Waals surface area contributed by atoms with Crippen LogP contribution in [0.5, 0.6) is 0 Å². The van der Waals surface area contributed by atoms with E-state index in [1.807, 2.05) is 18.7 Å². The van der Waals surface area contributed by atoms with Crippen LogP contribution in [0, 0.1) is 6.92 Å². The number of fused-ring (bicyclic) bond motifs is 2. The Kier molecular flexibility index (Phi) is 4.74. The number of rotatable bonds is 5. The van der Waals surface area contributed by atoms with Crippen molar-refractivity contribution in [3.8, 4) is 0 Å². The van der Waals surface area contributed by atoms with E-state index in [-0.39, 0.29) is 12.0 Å². The summed E-state index contributed by atoms with van der Waals surface area (Å²) < 4.78 is 8.96. The van der Waals surface area contributed by atoms with Crippen molar-refractivity contribution in [1.82, 2.24) is 29.5 Å². The fourth-order valence-electron chi connectivity index (χ4n) is 3.76. The molecule has 9 nitrogen and oxygen atoms in total. The smallest absolute Gasteiger partial charge is 0.341 e. The third-order valence-electron chi connectivity index (χ3n) is 5.09. The minimum absolute atomic E-state index is 0.122. The molecule has 0 aromatic carbocycles. The van der Waals surface area contributed by atoms with Crippen molar-refractivity contribution in [3.05, 3.63) is 29.1 Å². The van der Waals surface area contributed by atoms with Crippen molar-refractivity contribution in [2.24, 2.45) is 7.05 Å². The van der Waals surface area contributed by atoms with E-state index in [4.69, 9.17) is 4.74 Å². The second-order valence-electron chi connectivity index (χ2n) is 7.03. The van der Waals surface area contributed by atoms with Gasteiger partial charge in [-0.3, -0.25) is 4.68 Å². The fourth-order valence-corrected chi connectivity index (χ4v) is 3.76. The minimum Gasteiger partial charge on any atom is -0.462 e. The number of pyridine rings is 1. The number of hydrogen-bond acceptors (Lipinski definition) is 7. The Morgan fingerprint density at radius 1 is 1.36 bits per heavy atom. The van der Waals surface area contributed by atoms with Gasteiger partial charge in [-0.15, -0.1) is 0 Å². The predicted molar refractivity (Wildman–Crippen MR) is 104 cm³/mol. The first-order valence-corrected chi connectivity index (χ1v) is 9.70. The van der Waals surface area contributed by atoms with Crippen LogP contribution in [-0.4, -0.2) is 48.1 Å². The molecule has 0 saturated heterocycles. The molecule has 4 heterocycles. The highest BCUT2D eigenvalue weighted by Gasteiger charge is 2.26. The number of nitrogens with zero attached hydrogens (tertiary/aromatic N) is 6. The standard InChI is InChI=1S/C19H25N7O2/c1-5-14-22-15-8-7-12(10-26(15)24-14)21-17-13(19(27)28-6-2)9-20-18-16(17)11(3)23-25(18)4/h9,12H,5-8,10H2,1-4H3,(H,20,21). The van der Waals surface area contributed by atoms with Crippen LogP contribution in [0.15, 0.2) is 6.20 Å². The molecule has 28 heavy (non-hydrogen) atoms. The second-order valence-corrected chi connectivity index (χ2v) is 7.03. The molecule has 0 bridgehead atoms. The summed E-state index contributed by atoms with van der Waals surface area (Å²) in [4.78, 5) is 21.6. The number of anilines is 1. The number of aryl methyl sites for hydroxylation is 4. The van der Waals surface area contributed by atoms with Crippen molar-refractivity contribution < 1.29 is 9.53 Å². The summed E-state index contributed by atoms with van der Waals surface area (Å²) >= 11 is 0. The van der Waals surface area contributed by atoms with Crippen LogP contribution in [0.1, 0.15) is 48.0 Å². The third kappa shape index (κ3) is 3.10. The summed E-state index contributed by atoms with van der Waals surface area (Å²) in [6.45, 7) is 6.79. The van der Waals surface area contributed by atoms with Gasteiger partial charge >= 0.3 is 5.97 Å². The number of carbonyl (C=O) groups excluding carboxylic acids is 1. The van der Waals surface area contributed by atoms with Crippen LogP contribution in [-0.2, 0) is 31.2 Å². The Labute approximate surface area is 163 Å². The minimum atomic E-state index is -0.381. The van der Waals surface area contributed by atoms with Gasteiger partial charge in [-0.2, -0.15) is 10.2 Å². The number of aromatic nitrogens is 6. The van der Waals surface area contributed by atoms with Gasteiger partial charge < -0.3 is 10.1 Å². The lowest BCUT2D eigenvalue weighted by Gasteiger charge is -2.25. The number of nitrogens with one attached hydrogen (secondary N) is 1. The molecule has 1 aliphatic rings. The molecule has 0 amide bonds. The van der Waals surface area contributed by atoms with Gasteiger partial charge in [0.1, 0.15) is 11.4 Å². The molecule has 3 aromatic heterocycles. The Balaban J connectivity index is 1.72. The van der Waals surface area contributed by atoms with E-state index >= 15 is 0 Å². The summed E-state index contributed by atoms with van der Waals surface area (Å²) in [6.07, 6.45) is 4.15. The predicted octanol–water partition coefficient (Wildman–Crippen LogP) is 2.03. The van der Waals surface area contributed by atoms with Gasteiger partial charge in [-0.1, -0.05) is 6.92 Å². The van der Waals surface area contributed by atoms with Gasteiger partial charge in [-0.25, -0.2) is 19.4 Å². The van der Waals surface area contributed by atoms with E-state index < -0.39 is 0 Å². The molecule has 0 fully saturated rings. The number of esters is 1. The highest BCUT2D eigenvalue weighted by molar-refractivity contribution is 6.05. The number of carbonyl (C=O) groups is 1. The zero-order chi connectivity index (χ0) is 19.8. The van der Waals surface area contributed by atoms with Crippen molar-refractivity contribution in [3.63, 3.8) is 0 Å². The third-order valence-corrected chi connectivity index (χ3v) is 5.09. The molecule has 0 saturated carbocycles. The van der Waals surface area contributed by atoms with Crippen LogP contribution < -0.4 is 5.32 Å². The van der Waals surface area contributed by atoms with Gasteiger partial charge in [0.2, 0.25) is 0 Å². The van der Waals surface area contributed by atoms with Crippen LogP contribution >= 0.6 is 0 Å². The maximum atomic E-state index is 12.6. The summed E-state index contributed by atoms with van der Waals surface area (Å²) in [5, 5.41) is 13.5. The molecule has 0 radical (unpaired) electrons. The first kappa shape index (κ1) is 18.4. The van der Waals surface area contributed by atoms with Crippen molar-refractivity contribution in [2.75, 3.05) is 11.9 Å². The molecule has 4 rings (SSSR count). The molecule has 0 aliphatic carbocycles. The molecular weight excluding hydrogens is 358 g/mol. The lowest BCUT2D eigenvalue weighted by atomic mass is 10.0. The van der Waals surface area contributed by atoms with Gasteiger partial charge in [0.05, 0.1) is 29.9 Å². The van der Waals surface area contributed by atoms with E-state index in [0.29, 0.717) is 18.7 Å². The molecule has 1 aliphatic heterocycles. The van der Waals surface area contributed by atoms with E-state index in [0.717, 1.165) is 53.3 Å². The van der Waals surface area contributed by atoms with Gasteiger partial charge in [0.25, 0.3) is 0 Å². The Morgan fingerprint density at radius 3 is 2.93 bits per heavy atom. The highest BCUT2D eigenvalue weighted by Crippen LogP contribution is 2.31. The molecule has 1 N–H and O–H groups in total. The molecule has 0 spiro atoms. The monoisotopic (exact) mass is 383 g/mol. The van der Waals surface area contributed by atoms with Crippen molar-refractivity contribution >= 4 is 22.7 Å². The summed E-state index contributed by atoms with van der Waals surface area (Å²) in [5.74, 6) is 1.52. The largest absolute Gasteiger partial charge is 0.462 e. The number of hydrogen-bond donors (Lipinski definition) is 1. The maximum Gasteiger partial charge on any atom is 0.341 e. The Hall–Kier alpha value is -2.97. The molecular formula is C19H25N7O2. The normalized spacial score (nSPS) is 16.2. The van der Waals surface area contributed by atoms with E-state index in [1.165, 1.54) is 0 Å². The van der Waals surface area contributed by atoms with Crippen LogP contribution in [0.4, 0.5) is 5.69 Å². The van der Waals surface area contributed by atoms with Crippen molar-refractivity contribution in [2.45, 2.75) is 52.6 Å². The maximum absolute atomic E-state index is 12.6. The first-order valence-electron chi connectivity index (χ1n) is 9.70. The topological polar surface area (TPSA) is 99.8 Å². The van der Waals surface area contributed by atoms with Crippen LogP contribution in [0.25, 0.3) is 11.0 Å². The summed E-state index contributed by atoms with van der Waals surface area (Å²) in [7, 11) is 1.85. The second kappa shape index (κ2) is 7.21. The molecule has 3 aromatic rings. The van der Waals surface area contributed by atoms with E-state index in [1.54, 1.807) is 17.8 Å².